The SMILES string of the molecule is CCC=C(NOCC)C1=C(Cl)CC(C2CCCSC2)CC1=O. The molecule has 2 unspecified atom stereocenters. The topological polar surface area (TPSA) is 38.3 Å². The lowest BCUT2D eigenvalue weighted by atomic mass is 9.78. The van der Waals surface area contributed by atoms with Crippen LogP contribution < -0.4 is 5.48 Å². The van der Waals surface area contributed by atoms with E-state index in [0.717, 1.165) is 18.5 Å². The third-order valence-electron chi connectivity index (χ3n) is 4.31. The molecule has 1 saturated heterocycles. The van der Waals surface area contributed by atoms with E-state index < -0.39 is 0 Å². The van der Waals surface area contributed by atoms with Crippen LogP contribution in [0.15, 0.2) is 22.4 Å². The van der Waals surface area contributed by atoms with Gasteiger partial charge in [-0.05, 0) is 55.9 Å². The molecule has 124 valence electrons. The third kappa shape index (κ3) is 4.53. The molecule has 3 nitrogen and oxygen atoms in total. The van der Waals surface area contributed by atoms with E-state index in [1.54, 1.807) is 0 Å². The van der Waals surface area contributed by atoms with Crippen LogP contribution in [-0.4, -0.2) is 23.9 Å². The van der Waals surface area contributed by atoms with Crippen molar-refractivity contribution >= 4 is 29.1 Å². The second-order valence-corrected chi connectivity index (χ2v) is 7.52. The number of hydrogen-bond acceptors (Lipinski definition) is 4. The van der Waals surface area contributed by atoms with E-state index in [1.807, 2.05) is 31.7 Å². The predicted octanol–water partition coefficient (Wildman–Crippen LogP) is 4.44. The largest absolute Gasteiger partial charge is 0.294 e. The average molecular weight is 344 g/mol. The Labute approximate surface area is 142 Å². The number of allylic oxidation sites excluding steroid dienone is 3. The monoisotopic (exact) mass is 343 g/mol. The third-order valence-corrected chi connectivity index (χ3v) is 5.89. The van der Waals surface area contributed by atoms with E-state index in [4.69, 9.17) is 16.4 Å². The molecule has 0 aromatic heterocycles. The van der Waals surface area contributed by atoms with Crippen LogP contribution in [0, 0.1) is 11.8 Å². The molecule has 5 heteroatoms. The molecule has 1 fully saturated rings. The van der Waals surface area contributed by atoms with E-state index in [2.05, 4.69) is 5.48 Å². The minimum Gasteiger partial charge on any atom is -0.294 e. The van der Waals surface area contributed by atoms with Crippen molar-refractivity contribution in [2.24, 2.45) is 11.8 Å². The molecule has 1 heterocycles. The van der Waals surface area contributed by atoms with Gasteiger partial charge in [-0.15, -0.1) is 0 Å². The summed E-state index contributed by atoms with van der Waals surface area (Å²) in [5, 5.41) is 0.698. The van der Waals surface area contributed by atoms with Gasteiger partial charge in [0.2, 0.25) is 0 Å². The molecule has 0 radical (unpaired) electrons. The molecule has 0 aromatic carbocycles. The number of Topliss-reactive ketones (excluding diaryl/α,β-unsaturated/α-hetero) is 1. The number of carbonyl (C=O) groups excluding carboxylic acids is 1. The fourth-order valence-corrected chi connectivity index (χ4v) is 4.90. The fourth-order valence-electron chi connectivity index (χ4n) is 3.21. The van der Waals surface area contributed by atoms with Crippen molar-refractivity contribution in [3.05, 3.63) is 22.4 Å². The second-order valence-electron chi connectivity index (χ2n) is 5.91. The van der Waals surface area contributed by atoms with Crippen LogP contribution in [0.5, 0.6) is 0 Å². The molecule has 0 bridgehead atoms. The number of hydrogen-bond donors (Lipinski definition) is 1. The number of ketones is 1. The molecule has 1 aliphatic carbocycles. The highest BCUT2D eigenvalue weighted by Crippen LogP contribution is 2.40. The highest BCUT2D eigenvalue weighted by atomic mass is 35.5. The summed E-state index contributed by atoms with van der Waals surface area (Å²) in [4.78, 5) is 17.9. The Morgan fingerprint density at radius 1 is 1.41 bits per heavy atom. The molecular weight excluding hydrogens is 318 g/mol. The predicted molar refractivity (Wildman–Crippen MR) is 93.8 cm³/mol. The maximum absolute atomic E-state index is 12.7. The van der Waals surface area contributed by atoms with Gasteiger partial charge in [0.15, 0.2) is 5.78 Å². The molecule has 2 rings (SSSR count). The first kappa shape index (κ1) is 17.9. The minimum atomic E-state index is 0.156. The highest BCUT2D eigenvalue weighted by molar-refractivity contribution is 7.99. The Bertz CT molecular complexity index is 456. The van der Waals surface area contributed by atoms with Crippen molar-refractivity contribution in [3.8, 4) is 0 Å². The van der Waals surface area contributed by atoms with Gasteiger partial charge in [-0.3, -0.25) is 15.1 Å². The summed E-state index contributed by atoms with van der Waals surface area (Å²) in [6, 6.07) is 0. The lowest BCUT2D eigenvalue weighted by Gasteiger charge is -2.33. The van der Waals surface area contributed by atoms with E-state index in [-0.39, 0.29) is 5.78 Å². The van der Waals surface area contributed by atoms with Gasteiger partial charge in [0.1, 0.15) is 0 Å². The molecule has 2 aliphatic rings. The van der Waals surface area contributed by atoms with Gasteiger partial charge >= 0.3 is 0 Å². The van der Waals surface area contributed by atoms with Gasteiger partial charge in [-0.2, -0.15) is 11.8 Å². The van der Waals surface area contributed by atoms with Crippen LogP contribution in [-0.2, 0) is 9.63 Å². The first-order valence-corrected chi connectivity index (χ1v) is 9.78. The molecule has 1 N–H and O–H groups in total. The first-order chi connectivity index (χ1) is 10.7. The summed E-state index contributed by atoms with van der Waals surface area (Å²) in [5.74, 6) is 3.63. The number of nitrogens with one attached hydrogen (secondary N) is 1. The first-order valence-electron chi connectivity index (χ1n) is 8.25. The van der Waals surface area contributed by atoms with Gasteiger partial charge in [0, 0.05) is 11.5 Å². The normalized spacial score (nSPS) is 27.2. The molecule has 0 spiro atoms. The smallest absolute Gasteiger partial charge is 0.166 e. The van der Waals surface area contributed by atoms with Crippen LogP contribution in [0.4, 0.5) is 0 Å². The Morgan fingerprint density at radius 3 is 2.82 bits per heavy atom. The van der Waals surface area contributed by atoms with Crippen LogP contribution in [0.25, 0.3) is 0 Å². The van der Waals surface area contributed by atoms with Crippen molar-refractivity contribution < 1.29 is 9.63 Å². The molecular formula is C17H26ClNO2S. The zero-order chi connectivity index (χ0) is 15.9. The van der Waals surface area contributed by atoms with Crippen LogP contribution >= 0.6 is 23.4 Å². The second kappa shape index (κ2) is 8.99. The number of carbonyl (C=O) groups is 1. The van der Waals surface area contributed by atoms with E-state index in [1.165, 1.54) is 24.3 Å². The van der Waals surface area contributed by atoms with Gasteiger partial charge in [-0.1, -0.05) is 24.6 Å². The minimum absolute atomic E-state index is 0.156. The van der Waals surface area contributed by atoms with Crippen molar-refractivity contribution in [1.82, 2.24) is 5.48 Å². The molecule has 2 atom stereocenters. The molecule has 0 amide bonds. The van der Waals surface area contributed by atoms with Crippen LogP contribution in [0.1, 0.15) is 46.0 Å². The van der Waals surface area contributed by atoms with Crippen molar-refractivity contribution in [2.45, 2.75) is 46.0 Å². The van der Waals surface area contributed by atoms with Crippen molar-refractivity contribution in [2.75, 3.05) is 18.1 Å². The number of thioether (sulfide) groups is 1. The molecule has 0 aromatic rings. The van der Waals surface area contributed by atoms with E-state index in [0.29, 0.717) is 35.5 Å². The lowest BCUT2D eigenvalue weighted by molar-refractivity contribution is -0.117. The lowest BCUT2D eigenvalue weighted by Crippen LogP contribution is -2.30. The molecule has 22 heavy (non-hydrogen) atoms. The summed E-state index contributed by atoms with van der Waals surface area (Å²) < 4.78 is 0. The number of hydroxylamine groups is 1. The highest BCUT2D eigenvalue weighted by Gasteiger charge is 2.34. The van der Waals surface area contributed by atoms with Gasteiger partial charge in [0.05, 0.1) is 17.9 Å². The van der Waals surface area contributed by atoms with Gasteiger partial charge < -0.3 is 0 Å². The average Bonchev–Trinajstić information content (AvgIpc) is 2.52. The quantitative estimate of drug-likeness (QED) is 0.724. The van der Waals surface area contributed by atoms with E-state index >= 15 is 0 Å². The Morgan fingerprint density at radius 2 is 2.23 bits per heavy atom. The maximum atomic E-state index is 12.7. The van der Waals surface area contributed by atoms with E-state index in [9.17, 15) is 4.79 Å². The zero-order valence-electron chi connectivity index (χ0n) is 13.5. The van der Waals surface area contributed by atoms with Crippen LogP contribution in [0.3, 0.4) is 0 Å². The summed E-state index contributed by atoms with van der Waals surface area (Å²) in [5.41, 5.74) is 4.26. The fraction of sp³-hybridized carbons (Fsp3) is 0.706. The summed E-state index contributed by atoms with van der Waals surface area (Å²) in [7, 11) is 0. The zero-order valence-corrected chi connectivity index (χ0v) is 15.1. The Hall–Kier alpha value is -0.450. The summed E-state index contributed by atoms with van der Waals surface area (Å²) >= 11 is 8.53. The van der Waals surface area contributed by atoms with Crippen LogP contribution in [0.2, 0.25) is 0 Å². The molecule has 1 aliphatic heterocycles. The van der Waals surface area contributed by atoms with Gasteiger partial charge in [-0.25, -0.2) is 0 Å². The number of rotatable bonds is 6. The standard InChI is InChI=1S/C17H26ClNO2S/c1-3-6-15(19-21-4-2)17-14(18)9-13(10-16(17)20)12-7-5-8-22-11-12/h6,12-13,19H,3-5,7-11H2,1-2H3. The Kier molecular flexibility index (Phi) is 7.32. The summed E-state index contributed by atoms with van der Waals surface area (Å²) in [6.45, 7) is 4.49. The molecule has 0 saturated carbocycles. The van der Waals surface area contributed by atoms with Crippen molar-refractivity contribution in [3.63, 3.8) is 0 Å². The number of halogens is 1. The van der Waals surface area contributed by atoms with Gasteiger partial charge in [0.25, 0.3) is 0 Å². The maximum Gasteiger partial charge on any atom is 0.166 e. The summed E-state index contributed by atoms with van der Waals surface area (Å²) in [6.07, 6.45) is 6.75. The van der Waals surface area contributed by atoms with Crippen molar-refractivity contribution in [1.29, 1.82) is 0 Å². The Balaban J connectivity index is 2.13.